The molecule has 0 radical (unpaired) electrons. The van der Waals surface area contributed by atoms with Crippen molar-refractivity contribution in [3.63, 3.8) is 0 Å². The molecule has 0 fully saturated rings. The summed E-state index contributed by atoms with van der Waals surface area (Å²) in [5.74, 6) is 0.792. The van der Waals surface area contributed by atoms with Gasteiger partial charge in [-0.3, -0.25) is 4.68 Å². The fourth-order valence-corrected chi connectivity index (χ4v) is 2.43. The minimum atomic E-state index is -0.456. The Morgan fingerprint density at radius 1 is 1.24 bits per heavy atom. The monoisotopic (exact) mass is 305 g/mol. The normalized spacial score (nSPS) is 11.1. The molecule has 21 heavy (non-hydrogen) atoms. The zero-order chi connectivity index (χ0) is 15.1. The van der Waals surface area contributed by atoms with E-state index in [1.54, 1.807) is 10.7 Å². The van der Waals surface area contributed by atoms with Crippen molar-refractivity contribution in [2.24, 2.45) is 7.05 Å². The number of aromatic nitrogens is 4. The van der Waals surface area contributed by atoms with Crippen molar-refractivity contribution >= 4 is 34.1 Å². The molecular weight excluding hydrogens is 293 g/mol. The maximum absolute atomic E-state index is 13.2. The van der Waals surface area contributed by atoms with Crippen LogP contribution in [0, 0.1) is 19.7 Å². The number of fused-ring (bicyclic) bond motifs is 1. The largest absolute Gasteiger partial charge is 0.338 e. The van der Waals surface area contributed by atoms with Gasteiger partial charge in [-0.2, -0.15) is 5.10 Å². The molecule has 0 aliphatic rings. The second kappa shape index (κ2) is 4.96. The van der Waals surface area contributed by atoms with E-state index in [0.717, 1.165) is 16.7 Å². The molecule has 108 valence electrons. The van der Waals surface area contributed by atoms with Crippen LogP contribution in [0.1, 0.15) is 11.5 Å². The van der Waals surface area contributed by atoms with Crippen LogP contribution in [0.25, 0.3) is 11.0 Å². The molecule has 2 aromatic heterocycles. The summed E-state index contributed by atoms with van der Waals surface area (Å²) in [6.07, 6.45) is 0. The van der Waals surface area contributed by atoms with Crippen LogP contribution in [0.15, 0.2) is 18.2 Å². The van der Waals surface area contributed by atoms with Crippen molar-refractivity contribution in [3.05, 3.63) is 40.6 Å². The highest BCUT2D eigenvalue weighted by Gasteiger charge is 2.14. The lowest BCUT2D eigenvalue weighted by atomic mass is 10.3. The molecule has 1 aromatic carbocycles. The van der Waals surface area contributed by atoms with Crippen LogP contribution in [0.4, 0.5) is 15.9 Å². The highest BCUT2D eigenvalue weighted by molar-refractivity contribution is 6.31. The number of aryl methyl sites for hydroxylation is 3. The van der Waals surface area contributed by atoms with Crippen molar-refractivity contribution in [3.8, 4) is 0 Å². The van der Waals surface area contributed by atoms with Crippen LogP contribution in [0.2, 0.25) is 5.02 Å². The topological polar surface area (TPSA) is 55.6 Å². The summed E-state index contributed by atoms with van der Waals surface area (Å²) in [6, 6.07) is 4.43. The molecule has 0 bridgehead atoms. The third kappa shape index (κ3) is 2.42. The summed E-state index contributed by atoms with van der Waals surface area (Å²) in [6.45, 7) is 3.71. The van der Waals surface area contributed by atoms with Gasteiger partial charge in [-0.15, -0.1) is 0 Å². The molecule has 0 spiro atoms. The molecule has 0 amide bonds. The lowest BCUT2D eigenvalue weighted by Gasteiger charge is -2.09. The van der Waals surface area contributed by atoms with Crippen LogP contribution < -0.4 is 5.32 Å². The van der Waals surface area contributed by atoms with E-state index in [2.05, 4.69) is 20.4 Å². The third-order valence-electron chi connectivity index (χ3n) is 3.14. The molecule has 5 nitrogen and oxygen atoms in total. The molecule has 0 aliphatic carbocycles. The minimum Gasteiger partial charge on any atom is -0.338 e. The summed E-state index contributed by atoms with van der Waals surface area (Å²) in [5.41, 5.74) is 3.07. The van der Waals surface area contributed by atoms with Gasteiger partial charge in [0.1, 0.15) is 22.7 Å². The quantitative estimate of drug-likeness (QED) is 0.787. The zero-order valence-corrected chi connectivity index (χ0v) is 12.5. The molecule has 3 rings (SSSR count). The average Bonchev–Trinajstić information content (AvgIpc) is 2.69. The SMILES string of the molecule is Cc1nc(Nc2ccc(F)c(Cl)c2)c2c(n1)c(C)nn2C. The van der Waals surface area contributed by atoms with E-state index in [9.17, 15) is 4.39 Å². The summed E-state index contributed by atoms with van der Waals surface area (Å²) in [5, 5.41) is 7.56. The van der Waals surface area contributed by atoms with Crippen LogP contribution in [-0.4, -0.2) is 19.7 Å². The predicted molar refractivity (Wildman–Crippen MR) is 80.5 cm³/mol. The third-order valence-corrected chi connectivity index (χ3v) is 3.43. The maximum atomic E-state index is 13.2. The Bertz CT molecular complexity index is 843. The molecule has 0 atom stereocenters. The van der Waals surface area contributed by atoms with Gasteiger partial charge in [-0.1, -0.05) is 11.6 Å². The molecule has 0 saturated heterocycles. The number of halogens is 2. The Kier molecular flexibility index (Phi) is 3.25. The second-order valence-electron chi connectivity index (χ2n) is 4.78. The summed E-state index contributed by atoms with van der Waals surface area (Å²) < 4.78 is 14.9. The smallest absolute Gasteiger partial charge is 0.160 e. The van der Waals surface area contributed by atoms with Crippen molar-refractivity contribution in [2.45, 2.75) is 13.8 Å². The lowest BCUT2D eigenvalue weighted by molar-refractivity contribution is 0.628. The highest BCUT2D eigenvalue weighted by Crippen LogP contribution is 2.27. The first-order chi connectivity index (χ1) is 9.95. The molecule has 0 unspecified atom stereocenters. The number of anilines is 2. The Balaban J connectivity index is 2.13. The van der Waals surface area contributed by atoms with Crippen molar-refractivity contribution in [1.82, 2.24) is 19.7 Å². The van der Waals surface area contributed by atoms with Gasteiger partial charge < -0.3 is 5.32 Å². The van der Waals surface area contributed by atoms with E-state index in [4.69, 9.17) is 11.6 Å². The van der Waals surface area contributed by atoms with Crippen molar-refractivity contribution < 1.29 is 4.39 Å². The van der Waals surface area contributed by atoms with E-state index in [1.807, 2.05) is 20.9 Å². The first-order valence-electron chi connectivity index (χ1n) is 6.35. The summed E-state index contributed by atoms with van der Waals surface area (Å²) >= 11 is 5.80. The predicted octanol–water partition coefficient (Wildman–Crippen LogP) is 3.52. The van der Waals surface area contributed by atoms with Crippen molar-refractivity contribution in [2.75, 3.05) is 5.32 Å². The maximum Gasteiger partial charge on any atom is 0.160 e. The Labute approximate surface area is 125 Å². The summed E-state index contributed by atoms with van der Waals surface area (Å²) in [7, 11) is 1.83. The fraction of sp³-hybridized carbons (Fsp3) is 0.214. The van der Waals surface area contributed by atoms with Gasteiger partial charge in [0.2, 0.25) is 0 Å². The van der Waals surface area contributed by atoms with Crippen LogP contribution >= 0.6 is 11.6 Å². The van der Waals surface area contributed by atoms with E-state index in [1.165, 1.54) is 12.1 Å². The second-order valence-corrected chi connectivity index (χ2v) is 5.19. The standard InChI is InChI=1S/C14H13ClFN5/c1-7-12-13(21(3)20-7)14(18-8(2)17-12)19-9-4-5-11(16)10(15)6-9/h4-6H,1-3H3,(H,17,18,19). The van der Waals surface area contributed by atoms with Gasteiger partial charge in [-0.05, 0) is 32.0 Å². The Hall–Kier alpha value is -2.21. The number of nitrogens with zero attached hydrogens (tertiary/aromatic N) is 4. The van der Waals surface area contributed by atoms with Gasteiger partial charge in [0, 0.05) is 12.7 Å². The first kappa shape index (κ1) is 13.8. The van der Waals surface area contributed by atoms with Crippen LogP contribution in [-0.2, 0) is 7.05 Å². The van der Waals surface area contributed by atoms with Crippen LogP contribution in [0.5, 0.6) is 0 Å². The molecule has 7 heteroatoms. The van der Waals surface area contributed by atoms with E-state index >= 15 is 0 Å². The van der Waals surface area contributed by atoms with Gasteiger partial charge in [-0.25, -0.2) is 14.4 Å². The molecule has 2 heterocycles. The number of rotatable bonds is 2. The molecule has 0 saturated carbocycles. The fourth-order valence-electron chi connectivity index (χ4n) is 2.25. The van der Waals surface area contributed by atoms with Crippen LogP contribution in [0.3, 0.4) is 0 Å². The Morgan fingerprint density at radius 3 is 2.71 bits per heavy atom. The number of hydrogen-bond acceptors (Lipinski definition) is 4. The van der Waals surface area contributed by atoms with Gasteiger partial charge in [0.05, 0.1) is 10.7 Å². The number of hydrogen-bond donors (Lipinski definition) is 1. The van der Waals surface area contributed by atoms with Crippen molar-refractivity contribution in [1.29, 1.82) is 0 Å². The van der Waals surface area contributed by atoms with E-state index in [0.29, 0.717) is 17.3 Å². The molecule has 0 aliphatic heterocycles. The van der Waals surface area contributed by atoms with Gasteiger partial charge in [0.25, 0.3) is 0 Å². The zero-order valence-electron chi connectivity index (χ0n) is 11.8. The molecular formula is C14H13ClFN5. The minimum absolute atomic E-state index is 0.0585. The number of benzene rings is 1. The lowest BCUT2D eigenvalue weighted by Crippen LogP contribution is -2.01. The molecule has 3 aromatic rings. The van der Waals surface area contributed by atoms with Gasteiger partial charge >= 0.3 is 0 Å². The highest BCUT2D eigenvalue weighted by atomic mass is 35.5. The average molecular weight is 306 g/mol. The van der Waals surface area contributed by atoms with E-state index < -0.39 is 5.82 Å². The Morgan fingerprint density at radius 2 is 2.00 bits per heavy atom. The van der Waals surface area contributed by atoms with E-state index in [-0.39, 0.29) is 5.02 Å². The molecule has 1 N–H and O–H groups in total. The first-order valence-corrected chi connectivity index (χ1v) is 6.73. The summed E-state index contributed by atoms with van der Waals surface area (Å²) in [4.78, 5) is 8.81. The number of nitrogens with one attached hydrogen (secondary N) is 1. The van der Waals surface area contributed by atoms with Gasteiger partial charge in [0.15, 0.2) is 5.82 Å².